The van der Waals surface area contributed by atoms with Crippen molar-refractivity contribution >= 4 is 23.6 Å². The first-order valence-electron chi connectivity index (χ1n) is 6.51. The van der Waals surface area contributed by atoms with Crippen LogP contribution in [0.15, 0.2) is 24.3 Å². The van der Waals surface area contributed by atoms with Gasteiger partial charge in [0.25, 0.3) is 5.91 Å². The SMILES string of the molecule is O=C(O)CSCCNC(=O)c1ccc(CCC(F)(F)F)cc1. The number of carboxylic acids is 1. The quantitative estimate of drug-likeness (QED) is 0.717. The van der Waals surface area contributed by atoms with Gasteiger partial charge in [0.05, 0.1) is 5.75 Å². The Bertz CT molecular complexity index is 503. The summed E-state index contributed by atoms with van der Waals surface area (Å²) >= 11 is 1.19. The Labute approximate surface area is 130 Å². The highest BCUT2D eigenvalue weighted by Crippen LogP contribution is 2.22. The van der Waals surface area contributed by atoms with Gasteiger partial charge in [-0.2, -0.15) is 13.2 Å². The molecular weight excluding hydrogens is 319 g/mol. The molecule has 0 aromatic heterocycles. The maximum absolute atomic E-state index is 12.1. The molecule has 4 nitrogen and oxygen atoms in total. The summed E-state index contributed by atoms with van der Waals surface area (Å²) in [5.74, 6) is -0.796. The molecule has 0 aliphatic rings. The number of rotatable bonds is 8. The lowest BCUT2D eigenvalue weighted by molar-refractivity contribution is -0.134. The fraction of sp³-hybridized carbons (Fsp3) is 0.429. The van der Waals surface area contributed by atoms with E-state index in [-0.39, 0.29) is 18.1 Å². The summed E-state index contributed by atoms with van der Waals surface area (Å²) in [5.41, 5.74) is 0.880. The number of thioether (sulfide) groups is 1. The first kappa shape index (κ1) is 18.3. The van der Waals surface area contributed by atoms with Crippen molar-refractivity contribution in [3.63, 3.8) is 0 Å². The van der Waals surface area contributed by atoms with Crippen LogP contribution in [-0.4, -0.2) is 41.2 Å². The number of carbonyl (C=O) groups is 2. The van der Waals surface area contributed by atoms with E-state index in [1.807, 2.05) is 0 Å². The molecule has 8 heteroatoms. The van der Waals surface area contributed by atoms with Gasteiger partial charge in [0, 0.05) is 24.3 Å². The summed E-state index contributed by atoms with van der Waals surface area (Å²) in [6, 6.07) is 5.95. The number of aryl methyl sites for hydroxylation is 1. The highest BCUT2D eigenvalue weighted by atomic mass is 32.2. The number of alkyl halides is 3. The molecule has 122 valence electrons. The van der Waals surface area contributed by atoms with Crippen molar-refractivity contribution in [3.8, 4) is 0 Å². The van der Waals surface area contributed by atoms with Crippen LogP contribution in [-0.2, 0) is 11.2 Å². The van der Waals surface area contributed by atoms with Crippen molar-refractivity contribution in [1.82, 2.24) is 5.32 Å². The molecule has 0 spiro atoms. The average Bonchev–Trinajstić information content (AvgIpc) is 2.44. The molecule has 0 aliphatic heterocycles. The van der Waals surface area contributed by atoms with Crippen molar-refractivity contribution in [3.05, 3.63) is 35.4 Å². The van der Waals surface area contributed by atoms with Crippen LogP contribution in [0, 0.1) is 0 Å². The Morgan fingerprint density at radius 3 is 2.36 bits per heavy atom. The molecule has 0 saturated carbocycles. The van der Waals surface area contributed by atoms with Gasteiger partial charge >= 0.3 is 12.1 Å². The monoisotopic (exact) mass is 335 g/mol. The topological polar surface area (TPSA) is 66.4 Å². The van der Waals surface area contributed by atoms with E-state index in [0.717, 1.165) is 0 Å². The van der Waals surface area contributed by atoms with Gasteiger partial charge in [0.15, 0.2) is 0 Å². The predicted molar refractivity (Wildman–Crippen MR) is 78.1 cm³/mol. The van der Waals surface area contributed by atoms with Crippen LogP contribution in [0.4, 0.5) is 13.2 Å². The zero-order valence-corrected chi connectivity index (χ0v) is 12.5. The number of hydrogen-bond acceptors (Lipinski definition) is 3. The summed E-state index contributed by atoms with van der Waals surface area (Å²) in [6.45, 7) is 0.326. The van der Waals surface area contributed by atoms with Crippen molar-refractivity contribution in [2.75, 3.05) is 18.1 Å². The minimum absolute atomic E-state index is 0.0240. The minimum atomic E-state index is -4.19. The van der Waals surface area contributed by atoms with Crippen molar-refractivity contribution < 1.29 is 27.9 Å². The number of carbonyl (C=O) groups excluding carboxylic acids is 1. The van der Waals surface area contributed by atoms with E-state index in [1.165, 1.54) is 36.0 Å². The maximum Gasteiger partial charge on any atom is 0.389 e. The van der Waals surface area contributed by atoms with E-state index in [2.05, 4.69) is 5.32 Å². The van der Waals surface area contributed by atoms with E-state index in [9.17, 15) is 22.8 Å². The molecule has 1 amide bonds. The standard InChI is InChI=1S/C14H16F3NO3S/c15-14(16,17)6-5-10-1-3-11(4-2-10)13(21)18-7-8-22-9-12(19)20/h1-4H,5-9H2,(H,18,21)(H,19,20). The van der Waals surface area contributed by atoms with Crippen LogP contribution in [0.1, 0.15) is 22.3 Å². The second-order valence-electron chi connectivity index (χ2n) is 4.51. The lowest BCUT2D eigenvalue weighted by atomic mass is 10.1. The molecule has 1 rings (SSSR count). The highest BCUT2D eigenvalue weighted by molar-refractivity contribution is 7.99. The van der Waals surface area contributed by atoms with Crippen molar-refractivity contribution in [1.29, 1.82) is 0 Å². The molecule has 0 radical (unpaired) electrons. The lowest BCUT2D eigenvalue weighted by Gasteiger charge is -2.07. The average molecular weight is 335 g/mol. The van der Waals surface area contributed by atoms with Crippen LogP contribution in [0.3, 0.4) is 0 Å². The van der Waals surface area contributed by atoms with Crippen LogP contribution < -0.4 is 5.32 Å². The van der Waals surface area contributed by atoms with Gasteiger partial charge in [-0.15, -0.1) is 11.8 Å². The molecule has 0 heterocycles. The van der Waals surface area contributed by atoms with Crippen LogP contribution in [0.2, 0.25) is 0 Å². The third kappa shape index (κ3) is 7.92. The maximum atomic E-state index is 12.1. The van der Waals surface area contributed by atoms with Crippen LogP contribution in [0.25, 0.3) is 0 Å². The predicted octanol–water partition coefficient (Wildman–Crippen LogP) is 2.73. The molecule has 1 aromatic rings. The number of nitrogens with one attached hydrogen (secondary N) is 1. The van der Waals surface area contributed by atoms with E-state index >= 15 is 0 Å². The molecule has 1 aromatic carbocycles. The number of carboxylic acid groups (broad SMARTS) is 1. The number of halogens is 3. The Morgan fingerprint density at radius 2 is 1.82 bits per heavy atom. The lowest BCUT2D eigenvalue weighted by Crippen LogP contribution is -2.26. The van der Waals surface area contributed by atoms with E-state index < -0.39 is 18.6 Å². The highest BCUT2D eigenvalue weighted by Gasteiger charge is 2.26. The summed E-state index contributed by atoms with van der Waals surface area (Å²) in [6.07, 6.45) is -5.19. The molecule has 0 bridgehead atoms. The number of amides is 1. The Balaban J connectivity index is 2.36. The van der Waals surface area contributed by atoms with Gasteiger partial charge in [0.2, 0.25) is 0 Å². The fourth-order valence-corrected chi connectivity index (χ4v) is 2.17. The molecule has 0 saturated heterocycles. The normalized spacial score (nSPS) is 11.2. The summed E-state index contributed by atoms with van der Waals surface area (Å²) < 4.78 is 36.3. The Kier molecular flexibility index (Phi) is 7.23. The Hall–Kier alpha value is -1.70. The summed E-state index contributed by atoms with van der Waals surface area (Å²) in [4.78, 5) is 22.0. The minimum Gasteiger partial charge on any atom is -0.481 e. The second-order valence-corrected chi connectivity index (χ2v) is 5.62. The van der Waals surface area contributed by atoms with Gasteiger partial charge in [0.1, 0.15) is 0 Å². The molecule has 2 N–H and O–H groups in total. The first-order valence-corrected chi connectivity index (χ1v) is 7.67. The zero-order chi connectivity index (χ0) is 16.6. The third-order valence-corrected chi connectivity index (χ3v) is 3.61. The van der Waals surface area contributed by atoms with Gasteiger partial charge in [-0.1, -0.05) is 12.1 Å². The smallest absolute Gasteiger partial charge is 0.389 e. The van der Waals surface area contributed by atoms with Gasteiger partial charge in [-0.3, -0.25) is 9.59 Å². The van der Waals surface area contributed by atoms with E-state index in [1.54, 1.807) is 0 Å². The first-order chi connectivity index (χ1) is 10.3. The molecule has 0 fully saturated rings. The molecular formula is C14H16F3NO3S. The molecule has 0 atom stereocenters. The molecule has 22 heavy (non-hydrogen) atoms. The van der Waals surface area contributed by atoms with Gasteiger partial charge < -0.3 is 10.4 Å². The molecule has 0 unspecified atom stereocenters. The zero-order valence-electron chi connectivity index (χ0n) is 11.7. The number of hydrogen-bond donors (Lipinski definition) is 2. The second kappa shape index (κ2) is 8.67. The van der Waals surface area contributed by atoms with Crippen LogP contribution in [0.5, 0.6) is 0 Å². The summed E-state index contributed by atoms with van der Waals surface area (Å²) in [5, 5.41) is 11.1. The summed E-state index contributed by atoms with van der Waals surface area (Å²) in [7, 11) is 0. The van der Waals surface area contributed by atoms with Gasteiger partial charge in [-0.25, -0.2) is 0 Å². The van der Waals surface area contributed by atoms with Gasteiger partial charge in [-0.05, 0) is 24.1 Å². The third-order valence-electron chi connectivity index (χ3n) is 2.67. The van der Waals surface area contributed by atoms with Crippen molar-refractivity contribution in [2.45, 2.75) is 19.0 Å². The Morgan fingerprint density at radius 1 is 1.18 bits per heavy atom. The number of aliphatic carboxylic acids is 1. The number of benzene rings is 1. The van der Waals surface area contributed by atoms with E-state index in [4.69, 9.17) is 5.11 Å². The van der Waals surface area contributed by atoms with E-state index in [0.29, 0.717) is 23.4 Å². The van der Waals surface area contributed by atoms with Crippen molar-refractivity contribution in [2.24, 2.45) is 0 Å². The van der Waals surface area contributed by atoms with Crippen LogP contribution >= 0.6 is 11.8 Å². The molecule has 0 aliphatic carbocycles. The largest absolute Gasteiger partial charge is 0.481 e. The fourth-order valence-electron chi connectivity index (χ4n) is 1.61.